The lowest BCUT2D eigenvalue weighted by atomic mass is 9.92. The van der Waals surface area contributed by atoms with E-state index in [9.17, 15) is 9.90 Å². The average Bonchev–Trinajstić information content (AvgIpc) is 2.90. The van der Waals surface area contributed by atoms with E-state index in [1.165, 1.54) is 0 Å². The topological polar surface area (TPSA) is 66.6 Å². The second-order valence-corrected chi connectivity index (χ2v) is 5.64. The first-order valence-corrected chi connectivity index (χ1v) is 6.78. The molecule has 1 amide bonds. The van der Waals surface area contributed by atoms with Gasteiger partial charge in [-0.3, -0.25) is 4.79 Å². The third kappa shape index (κ3) is 2.08. The van der Waals surface area contributed by atoms with Crippen molar-refractivity contribution in [2.75, 3.05) is 13.1 Å². The predicted octanol–water partition coefficient (Wildman–Crippen LogP) is 0.733. The van der Waals surface area contributed by atoms with Crippen LogP contribution in [0, 0.1) is 11.8 Å². The van der Waals surface area contributed by atoms with E-state index in [0.717, 1.165) is 19.4 Å². The molecule has 1 heterocycles. The fraction of sp³-hybridized carbons (Fsp3) is 0.923. The van der Waals surface area contributed by atoms with Gasteiger partial charge in [-0.05, 0) is 31.6 Å². The number of carbonyl (C=O) groups is 1. The molecule has 2 fully saturated rings. The van der Waals surface area contributed by atoms with E-state index in [1.54, 1.807) is 0 Å². The van der Waals surface area contributed by atoms with Gasteiger partial charge in [0.15, 0.2) is 0 Å². The second kappa shape index (κ2) is 4.58. The molecule has 3 N–H and O–H groups in total. The molecular weight excluding hydrogens is 216 g/mol. The fourth-order valence-electron chi connectivity index (χ4n) is 3.27. The number of aliphatic hydroxyl groups is 1. The number of aliphatic hydroxyl groups excluding tert-OH is 1. The van der Waals surface area contributed by atoms with Crippen LogP contribution in [0.3, 0.4) is 0 Å². The van der Waals surface area contributed by atoms with Crippen molar-refractivity contribution in [1.82, 2.24) is 4.90 Å². The third-order valence-corrected chi connectivity index (χ3v) is 4.79. The zero-order chi connectivity index (χ0) is 12.6. The maximum atomic E-state index is 12.4. The van der Waals surface area contributed by atoms with Gasteiger partial charge in [0.1, 0.15) is 0 Å². The van der Waals surface area contributed by atoms with E-state index in [-0.39, 0.29) is 17.9 Å². The Hall–Kier alpha value is -0.610. The van der Waals surface area contributed by atoms with Crippen LogP contribution in [0.25, 0.3) is 0 Å². The first kappa shape index (κ1) is 12.8. The highest BCUT2D eigenvalue weighted by molar-refractivity contribution is 5.86. The van der Waals surface area contributed by atoms with Crippen LogP contribution >= 0.6 is 0 Å². The van der Waals surface area contributed by atoms with Crippen molar-refractivity contribution in [1.29, 1.82) is 0 Å². The Bertz CT molecular complexity index is 302. The summed E-state index contributed by atoms with van der Waals surface area (Å²) in [5, 5.41) is 9.85. The van der Waals surface area contributed by atoms with Crippen molar-refractivity contribution in [2.45, 2.75) is 51.2 Å². The SMILES string of the molecule is CCC(N)(CC)C(=O)N1CC2CCC(O)C2C1. The number of nitrogens with zero attached hydrogens (tertiary/aromatic N) is 1. The first-order valence-electron chi connectivity index (χ1n) is 6.78. The molecule has 0 aromatic rings. The Morgan fingerprint density at radius 1 is 1.35 bits per heavy atom. The van der Waals surface area contributed by atoms with Crippen LogP contribution in [0.1, 0.15) is 39.5 Å². The van der Waals surface area contributed by atoms with Gasteiger partial charge in [0.05, 0.1) is 11.6 Å². The van der Waals surface area contributed by atoms with Gasteiger partial charge in [-0.1, -0.05) is 13.8 Å². The van der Waals surface area contributed by atoms with Crippen LogP contribution in [-0.2, 0) is 4.79 Å². The standard InChI is InChI=1S/C13H24N2O2/c1-3-13(14,4-2)12(17)15-7-9-5-6-11(16)10(9)8-15/h9-11,16H,3-8,14H2,1-2H3. The molecule has 4 heteroatoms. The van der Waals surface area contributed by atoms with Gasteiger partial charge >= 0.3 is 0 Å². The Morgan fingerprint density at radius 2 is 2.00 bits per heavy atom. The molecule has 3 unspecified atom stereocenters. The van der Waals surface area contributed by atoms with Crippen molar-refractivity contribution < 1.29 is 9.90 Å². The summed E-state index contributed by atoms with van der Waals surface area (Å²) < 4.78 is 0. The number of likely N-dealkylation sites (tertiary alicyclic amines) is 1. The Labute approximate surface area is 103 Å². The number of rotatable bonds is 3. The van der Waals surface area contributed by atoms with Crippen molar-refractivity contribution in [2.24, 2.45) is 17.6 Å². The van der Waals surface area contributed by atoms with Gasteiger partial charge in [0.2, 0.25) is 5.91 Å². The van der Waals surface area contributed by atoms with E-state index in [1.807, 2.05) is 18.7 Å². The fourth-order valence-corrected chi connectivity index (χ4v) is 3.27. The summed E-state index contributed by atoms with van der Waals surface area (Å²) in [4.78, 5) is 14.3. The monoisotopic (exact) mass is 240 g/mol. The van der Waals surface area contributed by atoms with Crippen LogP contribution in [0.5, 0.6) is 0 Å². The minimum Gasteiger partial charge on any atom is -0.393 e. The van der Waals surface area contributed by atoms with Gasteiger partial charge in [-0.25, -0.2) is 0 Å². The molecule has 0 aromatic carbocycles. The highest BCUT2D eigenvalue weighted by Gasteiger charge is 2.46. The zero-order valence-electron chi connectivity index (χ0n) is 10.9. The van der Waals surface area contributed by atoms with E-state index in [0.29, 0.717) is 25.3 Å². The molecule has 17 heavy (non-hydrogen) atoms. The number of nitrogens with two attached hydrogens (primary N) is 1. The molecule has 98 valence electrons. The molecule has 1 aliphatic heterocycles. The average molecular weight is 240 g/mol. The van der Waals surface area contributed by atoms with Crippen molar-refractivity contribution in [3.05, 3.63) is 0 Å². The maximum Gasteiger partial charge on any atom is 0.242 e. The predicted molar refractivity (Wildman–Crippen MR) is 66.3 cm³/mol. The van der Waals surface area contributed by atoms with Crippen molar-refractivity contribution in [3.8, 4) is 0 Å². The summed E-state index contributed by atoms with van der Waals surface area (Å²) >= 11 is 0. The molecule has 1 aliphatic carbocycles. The summed E-state index contributed by atoms with van der Waals surface area (Å²) in [5.74, 6) is 0.855. The Morgan fingerprint density at radius 3 is 2.53 bits per heavy atom. The van der Waals surface area contributed by atoms with Gasteiger partial charge in [-0.15, -0.1) is 0 Å². The molecule has 2 aliphatic rings. The van der Waals surface area contributed by atoms with E-state index >= 15 is 0 Å². The molecule has 2 rings (SSSR count). The Kier molecular flexibility index (Phi) is 3.46. The lowest BCUT2D eigenvalue weighted by molar-refractivity contribution is -0.136. The summed E-state index contributed by atoms with van der Waals surface area (Å²) in [6.45, 7) is 5.42. The molecule has 0 aromatic heterocycles. The number of hydrogen-bond donors (Lipinski definition) is 2. The molecule has 3 atom stereocenters. The van der Waals surface area contributed by atoms with E-state index in [2.05, 4.69) is 0 Å². The minimum atomic E-state index is -0.705. The molecular formula is C13H24N2O2. The van der Waals surface area contributed by atoms with Gasteiger partial charge in [0.25, 0.3) is 0 Å². The summed E-state index contributed by atoms with van der Waals surface area (Å²) in [6.07, 6.45) is 3.08. The first-order chi connectivity index (χ1) is 8.01. The maximum absolute atomic E-state index is 12.4. The van der Waals surface area contributed by atoms with Gasteiger partial charge < -0.3 is 15.7 Å². The van der Waals surface area contributed by atoms with Crippen LogP contribution in [0.15, 0.2) is 0 Å². The quantitative estimate of drug-likeness (QED) is 0.764. The van der Waals surface area contributed by atoms with E-state index < -0.39 is 5.54 Å². The van der Waals surface area contributed by atoms with Crippen molar-refractivity contribution in [3.63, 3.8) is 0 Å². The lowest BCUT2D eigenvalue weighted by Gasteiger charge is -2.31. The molecule has 0 bridgehead atoms. The zero-order valence-corrected chi connectivity index (χ0v) is 10.9. The molecule has 1 saturated heterocycles. The molecule has 1 saturated carbocycles. The highest BCUT2D eigenvalue weighted by atomic mass is 16.3. The number of hydrogen-bond acceptors (Lipinski definition) is 3. The smallest absolute Gasteiger partial charge is 0.242 e. The second-order valence-electron chi connectivity index (χ2n) is 5.64. The molecule has 0 radical (unpaired) electrons. The highest BCUT2D eigenvalue weighted by Crippen LogP contribution is 2.38. The van der Waals surface area contributed by atoms with Crippen LogP contribution < -0.4 is 5.73 Å². The summed E-state index contributed by atoms with van der Waals surface area (Å²) in [6, 6.07) is 0. The third-order valence-electron chi connectivity index (χ3n) is 4.79. The molecule has 0 spiro atoms. The number of fused-ring (bicyclic) bond motifs is 1. The number of carbonyl (C=O) groups excluding carboxylic acids is 1. The van der Waals surface area contributed by atoms with Crippen molar-refractivity contribution >= 4 is 5.91 Å². The van der Waals surface area contributed by atoms with Crippen LogP contribution in [-0.4, -0.2) is 40.6 Å². The normalized spacial score (nSPS) is 32.9. The summed E-state index contributed by atoms with van der Waals surface area (Å²) in [5.41, 5.74) is 5.45. The lowest BCUT2D eigenvalue weighted by Crippen LogP contribution is -2.54. The van der Waals surface area contributed by atoms with E-state index in [4.69, 9.17) is 5.73 Å². The molecule has 4 nitrogen and oxygen atoms in total. The largest absolute Gasteiger partial charge is 0.393 e. The van der Waals surface area contributed by atoms with Gasteiger partial charge in [0, 0.05) is 19.0 Å². The number of amides is 1. The summed E-state index contributed by atoms with van der Waals surface area (Å²) in [7, 11) is 0. The minimum absolute atomic E-state index is 0.0732. The van der Waals surface area contributed by atoms with Crippen LogP contribution in [0.2, 0.25) is 0 Å². The van der Waals surface area contributed by atoms with Gasteiger partial charge in [-0.2, -0.15) is 0 Å². The van der Waals surface area contributed by atoms with Crippen LogP contribution in [0.4, 0.5) is 0 Å². The Balaban J connectivity index is 2.04.